The average molecular weight is 442 g/mol. The molecular weight excluding hydrogens is 414 g/mol. The molecule has 7 heteroatoms. The quantitative estimate of drug-likeness (QED) is 0.421. The van der Waals surface area contributed by atoms with Gasteiger partial charge < -0.3 is 20.6 Å². The van der Waals surface area contributed by atoms with Crippen molar-refractivity contribution in [1.82, 2.24) is 19.9 Å². The molecule has 1 aliphatic rings. The van der Waals surface area contributed by atoms with Crippen LogP contribution in [0.5, 0.6) is 0 Å². The molecule has 2 aromatic heterocycles. The van der Waals surface area contributed by atoms with E-state index < -0.39 is 5.91 Å². The van der Waals surface area contributed by atoms with Crippen LogP contribution in [0.25, 0.3) is 22.2 Å². The number of primary amides is 1. The largest absolute Gasteiger partial charge is 0.364 e. The van der Waals surface area contributed by atoms with Crippen LogP contribution in [0.1, 0.15) is 47.1 Å². The number of aromatic nitrogens is 3. The predicted octanol–water partition coefficient (Wildman–Crippen LogP) is 4.00. The average Bonchev–Trinajstić information content (AvgIpc) is 3.48. The second-order valence-electron chi connectivity index (χ2n) is 8.61. The topological polar surface area (TPSA) is 108 Å². The standard InChI is InChI=1S/C26H27N5O2/c27-25(33)24-23(17-7-2-1-3-8-17)29-26(30-24)19-9-6-14-31(16-19)22(32)13-12-18-15-28-21-11-5-4-10-20(18)21/h1-5,7-8,10-11,15,19,28H,6,9,12-14,16H2,(H2,27,33)(H,29,30)/t19-/m0/s1. The van der Waals surface area contributed by atoms with Gasteiger partial charge in [-0.05, 0) is 30.9 Å². The van der Waals surface area contributed by atoms with Gasteiger partial charge in [-0.3, -0.25) is 9.59 Å². The van der Waals surface area contributed by atoms with Crippen LogP contribution in [0, 0.1) is 0 Å². The van der Waals surface area contributed by atoms with Crippen LogP contribution >= 0.6 is 0 Å². The Kier molecular flexibility index (Phi) is 5.69. The van der Waals surface area contributed by atoms with Crippen molar-refractivity contribution >= 4 is 22.7 Å². The smallest absolute Gasteiger partial charge is 0.267 e. The van der Waals surface area contributed by atoms with Gasteiger partial charge in [0.1, 0.15) is 17.2 Å². The van der Waals surface area contributed by atoms with E-state index in [-0.39, 0.29) is 11.8 Å². The van der Waals surface area contributed by atoms with Crippen LogP contribution in [0.2, 0.25) is 0 Å². The summed E-state index contributed by atoms with van der Waals surface area (Å²) in [6.07, 6.45) is 4.97. The molecule has 4 aromatic rings. The van der Waals surface area contributed by atoms with E-state index in [1.54, 1.807) is 0 Å². The number of piperidine rings is 1. The van der Waals surface area contributed by atoms with E-state index >= 15 is 0 Å². The molecule has 1 fully saturated rings. The Morgan fingerprint density at radius 1 is 1.09 bits per heavy atom. The number of para-hydroxylation sites is 1. The van der Waals surface area contributed by atoms with Gasteiger partial charge in [-0.2, -0.15) is 0 Å². The highest BCUT2D eigenvalue weighted by Crippen LogP contribution is 2.30. The number of likely N-dealkylation sites (tertiary alicyclic amines) is 1. The molecular formula is C26H27N5O2. The van der Waals surface area contributed by atoms with Crippen molar-refractivity contribution in [3.63, 3.8) is 0 Å². The monoisotopic (exact) mass is 441 g/mol. The molecule has 0 aliphatic carbocycles. The number of fused-ring (bicyclic) bond motifs is 1. The van der Waals surface area contributed by atoms with Crippen LogP contribution < -0.4 is 5.73 Å². The molecule has 33 heavy (non-hydrogen) atoms. The Balaban J connectivity index is 1.29. The first-order valence-corrected chi connectivity index (χ1v) is 11.4. The fourth-order valence-corrected chi connectivity index (χ4v) is 4.73. The summed E-state index contributed by atoms with van der Waals surface area (Å²) in [5, 5.41) is 1.17. The van der Waals surface area contributed by atoms with E-state index in [1.165, 1.54) is 5.39 Å². The maximum absolute atomic E-state index is 13.0. The molecule has 0 unspecified atom stereocenters. The van der Waals surface area contributed by atoms with Crippen molar-refractivity contribution in [2.24, 2.45) is 5.73 Å². The van der Waals surface area contributed by atoms with Gasteiger partial charge in [-0.25, -0.2) is 4.98 Å². The van der Waals surface area contributed by atoms with Crippen LogP contribution in [0.15, 0.2) is 60.8 Å². The molecule has 5 rings (SSSR count). The van der Waals surface area contributed by atoms with Gasteiger partial charge in [0.15, 0.2) is 0 Å². The SMILES string of the molecule is NC(=O)c1[nH]c([C@H]2CCCN(C(=O)CCc3c[nH]c4ccccc34)C2)nc1-c1ccccc1. The molecule has 1 aliphatic heterocycles. The lowest BCUT2D eigenvalue weighted by atomic mass is 9.96. The summed E-state index contributed by atoms with van der Waals surface area (Å²) < 4.78 is 0. The van der Waals surface area contributed by atoms with Gasteiger partial charge in [0.25, 0.3) is 5.91 Å². The van der Waals surface area contributed by atoms with Crippen LogP contribution in [-0.4, -0.2) is 44.8 Å². The first kappa shape index (κ1) is 21.0. The van der Waals surface area contributed by atoms with Crippen molar-refractivity contribution in [1.29, 1.82) is 0 Å². The lowest BCUT2D eigenvalue weighted by Gasteiger charge is -2.32. The zero-order chi connectivity index (χ0) is 22.8. The van der Waals surface area contributed by atoms with E-state index in [4.69, 9.17) is 10.7 Å². The number of aromatic amines is 2. The third-order valence-corrected chi connectivity index (χ3v) is 6.46. The highest BCUT2D eigenvalue weighted by molar-refractivity contribution is 5.97. The number of imidazole rings is 1. The number of hydrogen-bond acceptors (Lipinski definition) is 3. The number of nitrogens with two attached hydrogens (primary N) is 1. The lowest BCUT2D eigenvalue weighted by molar-refractivity contribution is -0.132. The summed E-state index contributed by atoms with van der Waals surface area (Å²) in [6.45, 7) is 1.34. The molecule has 0 radical (unpaired) electrons. The minimum atomic E-state index is -0.532. The molecule has 168 valence electrons. The van der Waals surface area contributed by atoms with Crippen molar-refractivity contribution in [2.75, 3.05) is 13.1 Å². The van der Waals surface area contributed by atoms with Crippen molar-refractivity contribution < 1.29 is 9.59 Å². The van der Waals surface area contributed by atoms with E-state index in [9.17, 15) is 9.59 Å². The summed E-state index contributed by atoms with van der Waals surface area (Å²) in [4.78, 5) is 38.2. The number of hydrogen-bond donors (Lipinski definition) is 3. The molecule has 2 aromatic carbocycles. The van der Waals surface area contributed by atoms with Crippen molar-refractivity contribution in [3.05, 3.63) is 77.9 Å². The predicted molar refractivity (Wildman–Crippen MR) is 128 cm³/mol. The molecule has 2 amide bonds. The molecule has 3 heterocycles. The number of carbonyl (C=O) groups excluding carboxylic acids is 2. The number of carbonyl (C=O) groups is 2. The minimum absolute atomic E-state index is 0.0475. The number of rotatable bonds is 6. The van der Waals surface area contributed by atoms with Crippen LogP contribution in [0.3, 0.4) is 0 Å². The second-order valence-corrected chi connectivity index (χ2v) is 8.61. The summed E-state index contributed by atoms with van der Waals surface area (Å²) in [5.41, 5.74) is 9.61. The van der Waals surface area contributed by atoms with Gasteiger partial charge in [0, 0.05) is 48.1 Å². The maximum Gasteiger partial charge on any atom is 0.267 e. The molecule has 4 N–H and O–H groups in total. The number of nitrogens with one attached hydrogen (secondary N) is 2. The van der Waals surface area contributed by atoms with Gasteiger partial charge in [-0.15, -0.1) is 0 Å². The van der Waals surface area contributed by atoms with Gasteiger partial charge >= 0.3 is 0 Å². The van der Waals surface area contributed by atoms with E-state index in [1.807, 2.05) is 59.6 Å². The normalized spacial score (nSPS) is 16.2. The van der Waals surface area contributed by atoms with E-state index in [2.05, 4.69) is 16.0 Å². The first-order chi connectivity index (χ1) is 16.1. The fraction of sp³-hybridized carbons (Fsp3) is 0.269. The number of benzene rings is 2. The third-order valence-electron chi connectivity index (χ3n) is 6.46. The Morgan fingerprint density at radius 2 is 1.88 bits per heavy atom. The second kappa shape index (κ2) is 8.94. The molecule has 1 saturated heterocycles. The third kappa shape index (κ3) is 4.26. The number of H-pyrrole nitrogens is 2. The van der Waals surface area contributed by atoms with Gasteiger partial charge in [0.2, 0.25) is 5.91 Å². The summed E-state index contributed by atoms with van der Waals surface area (Å²) in [5.74, 6) is 0.383. The molecule has 7 nitrogen and oxygen atoms in total. The molecule has 0 bridgehead atoms. The summed E-state index contributed by atoms with van der Waals surface area (Å²) in [7, 11) is 0. The molecule has 0 spiro atoms. The summed E-state index contributed by atoms with van der Waals surface area (Å²) >= 11 is 0. The Morgan fingerprint density at radius 3 is 2.70 bits per heavy atom. The van der Waals surface area contributed by atoms with E-state index in [0.717, 1.165) is 41.9 Å². The minimum Gasteiger partial charge on any atom is -0.364 e. The Labute approximate surface area is 192 Å². The van der Waals surface area contributed by atoms with Gasteiger partial charge in [0.05, 0.1) is 0 Å². The Bertz CT molecular complexity index is 1290. The highest BCUT2D eigenvalue weighted by Gasteiger charge is 2.28. The van der Waals surface area contributed by atoms with E-state index in [0.29, 0.717) is 30.8 Å². The summed E-state index contributed by atoms with van der Waals surface area (Å²) in [6, 6.07) is 17.7. The highest BCUT2D eigenvalue weighted by atomic mass is 16.2. The zero-order valence-electron chi connectivity index (χ0n) is 18.4. The Hall–Kier alpha value is -3.87. The number of amides is 2. The maximum atomic E-state index is 13.0. The van der Waals surface area contributed by atoms with Crippen LogP contribution in [-0.2, 0) is 11.2 Å². The first-order valence-electron chi connectivity index (χ1n) is 11.4. The number of aryl methyl sites for hydroxylation is 1. The van der Waals surface area contributed by atoms with Crippen molar-refractivity contribution in [3.8, 4) is 11.3 Å². The van der Waals surface area contributed by atoms with Crippen molar-refractivity contribution in [2.45, 2.75) is 31.6 Å². The van der Waals surface area contributed by atoms with Crippen LogP contribution in [0.4, 0.5) is 0 Å². The van der Waals surface area contributed by atoms with Gasteiger partial charge in [-0.1, -0.05) is 48.5 Å². The lowest BCUT2D eigenvalue weighted by Crippen LogP contribution is -2.39. The number of nitrogens with zero attached hydrogens (tertiary/aromatic N) is 2. The zero-order valence-corrected chi connectivity index (χ0v) is 18.4. The molecule has 0 saturated carbocycles. The molecule has 1 atom stereocenters. The fourth-order valence-electron chi connectivity index (χ4n) is 4.73.